The molecule has 0 aliphatic rings. The lowest BCUT2D eigenvalue weighted by molar-refractivity contribution is -0.116. The number of aromatic nitrogens is 4. The fourth-order valence-corrected chi connectivity index (χ4v) is 2.92. The van der Waals surface area contributed by atoms with Crippen molar-refractivity contribution >= 4 is 11.6 Å². The Morgan fingerprint density at radius 1 is 1.03 bits per heavy atom. The summed E-state index contributed by atoms with van der Waals surface area (Å²) in [5, 5.41) is 11.4. The highest BCUT2D eigenvalue weighted by molar-refractivity contribution is 5.90. The Kier molecular flexibility index (Phi) is 6.89. The molecule has 0 radical (unpaired) electrons. The molecular formula is C21H27N5O3. The van der Waals surface area contributed by atoms with Crippen LogP contribution in [0.1, 0.15) is 31.4 Å². The summed E-state index contributed by atoms with van der Waals surface area (Å²) in [6, 6.07) is 5.85. The molecule has 29 heavy (non-hydrogen) atoms. The molecule has 1 N–H and O–H groups in total. The Labute approximate surface area is 170 Å². The van der Waals surface area contributed by atoms with E-state index in [0.29, 0.717) is 38.4 Å². The SMILES string of the molecule is CCOc1ccc(Cn2cc(NC(=O)CCn3cc(C)cn3)cn2)cc1OCC. The molecule has 0 atom stereocenters. The van der Waals surface area contributed by atoms with Gasteiger partial charge < -0.3 is 14.8 Å². The molecule has 0 bridgehead atoms. The van der Waals surface area contributed by atoms with E-state index in [9.17, 15) is 4.79 Å². The predicted molar refractivity (Wildman–Crippen MR) is 110 cm³/mol. The molecule has 8 nitrogen and oxygen atoms in total. The summed E-state index contributed by atoms with van der Waals surface area (Å²) in [4.78, 5) is 12.2. The van der Waals surface area contributed by atoms with Gasteiger partial charge in [-0.2, -0.15) is 10.2 Å². The fraction of sp³-hybridized carbons (Fsp3) is 0.381. The van der Waals surface area contributed by atoms with Crippen molar-refractivity contribution in [2.24, 2.45) is 0 Å². The molecule has 2 heterocycles. The van der Waals surface area contributed by atoms with Crippen molar-refractivity contribution in [2.75, 3.05) is 18.5 Å². The average Bonchev–Trinajstić information content (AvgIpc) is 3.31. The molecule has 0 saturated heterocycles. The number of rotatable bonds is 10. The fourth-order valence-electron chi connectivity index (χ4n) is 2.92. The Hall–Kier alpha value is -3.29. The summed E-state index contributed by atoms with van der Waals surface area (Å²) in [5.74, 6) is 1.39. The third kappa shape index (κ3) is 5.84. The number of anilines is 1. The molecule has 8 heteroatoms. The molecule has 2 aromatic heterocycles. The largest absolute Gasteiger partial charge is 0.490 e. The van der Waals surface area contributed by atoms with Crippen LogP contribution in [-0.2, 0) is 17.9 Å². The lowest BCUT2D eigenvalue weighted by Gasteiger charge is -2.12. The van der Waals surface area contributed by atoms with Gasteiger partial charge in [0.2, 0.25) is 5.91 Å². The number of nitrogens with one attached hydrogen (secondary N) is 1. The third-order valence-corrected chi connectivity index (χ3v) is 4.20. The standard InChI is InChI=1S/C21H27N5O3/c1-4-28-19-7-6-17(10-20(19)29-5-2)14-26-15-18(12-23-26)24-21(27)8-9-25-13-16(3)11-22-25/h6-7,10-13,15H,4-5,8-9,14H2,1-3H3,(H,24,27). The molecule has 154 valence electrons. The van der Waals surface area contributed by atoms with E-state index in [0.717, 1.165) is 22.6 Å². The van der Waals surface area contributed by atoms with Gasteiger partial charge >= 0.3 is 0 Å². The maximum atomic E-state index is 12.2. The number of hydrogen-bond acceptors (Lipinski definition) is 5. The molecule has 0 spiro atoms. The van der Waals surface area contributed by atoms with Crippen molar-refractivity contribution in [3.63, 3.8) is 0 Å². The highest BCUT2D eigenvalue weighted by atomic mass is 16.5. The molecule has 1 amide bonds. The van der Waals surface area contributed by atoms with Crippen molar-refractivity contribution in [1.29, 1.82) is 0 Å². The molecule has 0 aliphatic carbocycles. The second-order valence-electron chi connectivity index (χ2n) is 6.65. The summed E-state index contributed by atoms with van der Waals surface area (Å²) in [5.41, 5.74) is 2.78. The minimum absolute atomic E-state index is 0.0718. The van der Waals surface area contributed by atoms with Crippen LogP contribution < -0.4 is 14.8 Å². The number of carbonyl (C=O) groups is 1. The summed E-state index contributed by atoms with van der Waals surface area (Å²) in [7, 11) is 0. The average molecular weight is 397 g/mol. The normalized spacial score (nSPS) is 10.7. The highest BCUT2D eigenvalue weighted by Crippen LogP contribution is 2.28. The molecular weight excluding hydrogens is 370 g/mol. The summed E-state index contributed by atoms with van der Waals surface area (Å²) >= 11 is 0. The molecule has 3 rings (SSSR count). The molecule has 1 aromatic carbocycles. The van der Waals surface area contributed by atoms with Crippen LogP contribution in [0.3, 0.4) is 0 Å². The number of carbonyl (C=O) groups excluding carboxylic acids is 1. The van der Waals surface area contributed by atoms with Gasteiger partial charge in [0.25, 0.3) is 0 Å². The van der Waals surface area contributed by atoms with Crippen LogP contribution in [0.5, 0.6) is 11.5 Å². The zero-order valence-electron chi connectivity index (χ0n) is 17.1. The number of ether oxygens (including phenoxy) is 2. The summed E-state index contributed by atoms with van der Waals surface area (Å²) in [6.45, 7) is 8.12. The number of amides is 1. The van der Waals surface area contributed by atoms with Crippen molar-refractivity contribution in [3.05, 3.63) is 54.1 Å². The van der Waals surface area contributed by atoms with Crippen LogP contribution in [-0.4, -0.2) is 38.7 Å². The lowest BCUT2D eigenvalue weighted by Crippen LogP contribution is -2.14. The lowest BCUT2D eigenvalue weighted by atomic mass is 10.2. The van der Waals surface area contributed by atoms with Gasteiger partial charge in [0, 0.05) is 25.4 Å². The van der Waals surface area contributed by atoms with Crippen molar-refractivity contribution in [2.45, 2.75) is 40.3 Å². The van der Waals surface area contributed by atoms with Gasteiger partial charge in [0.05, 0.1) is 37.8 Å². The molecule has 3 aromatic rings. The summed E-state index contributed by atoms with van der Waals surface area (Å²) < 4.78 is 14.8. The number of hydrogen-bond donors (Lipinski definition) is 1. The third-order valence-electron chi connectivity index (χ3n) is 4.20. The first-order valence-corrected chi connectivity index (χ1v) is 9.77. The van der Waals surface area contributed by atoms with E-state index in [1.807, 2.05) is 51.4 Å². The molecule has 0 saturated carbocycles. The topological polar surface area (TPSA) is 83.2 Å². The van der Waals surface area contributed by atoms with Gasteiger partial charge in [-0.3, -0.25) is 14.2 Å². The number of nitrogens with zero attached hydrogens (tertiary/aromatic N) is 4. The Balaban J connectivity index is 1.56. The van der Waals surface area contributed by atoms with Crippen LogP contribution in [0.15, 0.2) is 43.0 Å². The number of aryl methyl sites for hydroxylation is 2. The van der Waals surface area contributed by atoms with Crippen molar-refractivity contribution in [1.82, 2.24) is 19.6 Å². The van der Waals surface area contributed by atoms with E-state index in [4.69, 9.17) is 9.47 Å². The van der Waals surface area contributed by atoms with E-state index in [2.05, 4.69) is 15.5 Å². The van der Waals surface area contributed by atoms with E-state index >= 15 is 0 Å². The van der Waals surface area contributed by atoms with Crippen LogP contribution in [0.4, 0.5) is 5.69 Å². The van der Waals surface area contributed by atoms with Crippen LogP contribution in [0, 0.1) is 6.92 Å². The zero-order valence-corrected chi connectivity index (χ0v) is 17.1. The first-order chi connectivity index (χ1) is 14.1. The molecule has 0 unspecified atom stereocenters. The van der Waals surface area contributed by atoms with Crippen molar-refractivity contribution in [3.8, 4) is 11.5 Å². The first-order valence-electron chi connectivity index (χ1n) is 9.77. The zero-order chi connectivity index (χ0) is 20.6. The molecule has 0 aliphatic heterocycles. The van der Waals surface area contributed by atoms with Crippen molar-refractivity contribution < 1.29 is 14.3 Å². The van der Waals surface area contributed by atoms with Gasteiger partial charge in [0.1, 0.15) is 0 Å². The van der Waals surface area contributed by atoms with Crippen LogP contribution in [0.25, 0.3) is 0 Å². The second-order valence-corrected chi connectivity index (χ2v) is 6.65. The van der Waals surface area contributed by atoms with Crippen LogP contribution in [0.2, 0.25) is 0 Å². The highest BCUT2D eigenvalue weighted by Gasteiger charge is 2.09. The van der Waals surface area contributed by atoms with Gasteiger partial charge in [-0.25, -0.2) is 0 Å². The van der Waals surface area contributed by atoms with E-state index < -0.39 is 0 Å². The molecule has 0 fully saturated rings. The quantitative estimate of drug-likeness (QED) is 0.568. The summed E-state index contributed by atoms with van der Waals surface area (Å²) in [6.07, 6.45) is 7.50. The number of benzene rings is 1. The minimum atomic E-state index is -0.0718. The second kappa shape index (κ2) is 9.77. The van der Waals surface area contributed by atoms with Gasteiger partial charge in [-0.15, -0.1) is 0 Å². The smallest absolute Gasteiger partial charge is 0.226 e. The van der Waals surface area contributed by atoms with E-state index in [1.165, 1.54) is 0 Å². The Bertz CT molecular complexity index is 947. The maximum absolute atomic E-state index is 12.2. The first kappa shape index (κ1) is 20.4. The predicted octanol–water partition coefficient (Wildman–Crippen LogP) is 3.26. The monoisotopic (exact) mass is 397 g/mol. The van der Waals surface area contributed by atoms with Gasteiger partial charge in [0.15, 0.2) is 11.5 Å². The van der Waals surface area contributed by atoms with Gasteiger partial charge in [-0.05, 0) is 44.0 Å². The minimum Gasteiger partial charge on any atom is -0.490 e. The Morgan fingerprint density at radius 2 is 1.79 bits per heavy atom. The Morgan fingerprint density at radius 3 is 2.52 bits per heavy atom. The maximum Gasteiger partial charge on any atom is 0.226 e. The van der Waals surface area contributed by atoms with E-state index in [1.54, 1.807) is 21.8 Å². The van der Waals surface area contributed by atoms with E-state index in [-0.39, 0.29) is 5.91 Å². The van der Waals surface area contributed by atoms with Crippen LogP contribution >= 0.6 is 0 Å². The van der Waals surface area contributed by atoms with Gasteiger partial charge in [-0.1, -0.05) is 6.07 Å².